The number of hydrogen-bond donors (Lipinski definition) is 2. The molecule has 2 N–H and O–H groups in total. The van der Waals surface area contributed by atoms with Gasteiger partial charge in [-0.3, -0.25) is 4.79 Å². The van der Waals surface area contributed by atoms with Crippen LogP contribution in [-0.2, 0) is 10.0 Å². The van der Waals surface area contributed by atoms with Crippen molar-refractivity contribution in [3.8, 4) is 0 Å². The summed E-state index contributed by atoms with van der Waals surface area (Å²) >= 11 is 0. The van der Waals surface area contributed by atoms with Crippen LogP contribution in [-0.4, -0.2) is 42.3 Å². The number of amides is 1. The van der Waals surface area contributed by atoms with Gasteiger partial charge in [0.05, 0.1) is 10.9 Å². The fourth-order valence-electron chi connectivity index (χ4n) is 2.95. The lowest BCUT2D eigenvalue weighted by Gasteiger charge is -2.23. The van der Waals surface area contributed by atoms with E-state index in [9.17, 15) is 13.2 Å². The summed E-state index contributed by atoms with van der Waals surface area (Å²) in [6.07, 6.45) is 6.66. The summed E-state index contributed by atoms with van der Waals surface area (Å²) in [5, 5.41) is 0. The number of aromatic nitrogens is 2. The summed E-state index contributed by atoms with van der Waals surface area (Å²) in [6, 6.07) is 5.90. The molecule has 132 valence electrons. The summed E-state index contributed by atoms with van der Waals surface area (Å²) in [7, 11) is -3.59. The monoisotopic (exact) mass is 360 g/mol. The number of nitrogens with zero attached hydrogens (tertiary/aromatic N) is 2. The molecule has 8 heteroatoms. The zero-order valence-electron chi connectivity index (χ0n) is 13.7. The first-order chi connectivity index (χ1) is 12.0. The fourth-order valence-corrected chi connectivity index (χ4v) is 3.95. The number of H-pyrrole nitrogens is 1. The van der Waals surface area contributed by atoms with Gasteiger partial charge in [0.25, 0.3) is 5.91 Å². The van der Waals surface area contributed by atoms with Gasteiger partial charge in [-0.05, 0) is 37.1 Å². The van der Waals surface area contributed by atoms with Crippen LogP contribution < -0.4 is 4.72 Å². The average molecular weight is 360 g/mol. The molecule has 1 aliphatic rings. The van der Waals surface area contributed by atoms with E-state index in [1.807, 2.05) is 0 Å². The second-order valence-electron chi connectivity index (χ2n) is 5.80. The number of imidazole rings is 1. The molecule has 25 heavy (non-hydrogen) atoms. The molecule has 0 spiro atoms. The molecule has 0 saturated carbocycles. The smallest absolute Gasteiger partial charge is 0.254 e. The third-order valence-corrected chi connectivity index (χ3v) is 5.62. The first-order valence-electron chi connectivity index (χ1n) is 8.04. The Morgan fingerprint density at radius 1 is 1.40 bits per heavy atom. The highest BCUT2D eigenvalue weighted by molar-refractivity contribution is 7.89. The minimum atomic E-state index is -3.59. The van der Waals surface area contributed by atoms with Gasteiger partial charge in [-0.1, -0.05) is 6.08 Å². The summed E-state index contributed by atoms with van der Waals surface area (Å²) in [5.74, 6) is 0.653. The largest absolute Gasteiger partial charge is 0.347 e. The topological polar surface area (TPSA) is 95.2 Å². The van der Waals surface area contributed by atoms with E-state index < -0.39 is 10.0 Å². The highest BCUT2D eigenvalue weighted by Crippen LogP contribution is 2.31. The molecule has 3 rings (SSSR count). The first-order valence-corrected chi connectivity index (χ1v) is 9.52. The standard InChI is InChI=1S/C17H20N4O3S/c1-2-9-20-25(23,24)14-7-5-13(6-8-14)17(22)21-12-3-4-15(21)16-18-10-11-19-16/h2,5-8,10-11,15,20H,1,3-4,9,12H2,(H,18,19). The van der Waals surface area contributed by atoms with E-state index in [1.165, 1.54) is 18.2 Å². The SMILES string of the molecule is C=CCNS(=O)(=O)c1ccc(C(=O)N2CCCC2c2ncc[nH]2)cc1. The number of rotatable bonds is 6. The third-order valence-electron chi connectivity index (χ3n) is 4.18. The van der Waals surface area contributed by atoms with E-state index in [1.54, 1.807) is 29.4 Å². The summed E-state index contributed by atoms with van der Waals surface area (Å²) < 4.78 is 26.5. The van der Waals surface area contributed by atoms with E-state index in [0.717, 1.165) is 18.7 Å². The highest BCUT2D eigenvalue weighted by atomic mass is 32.2. The number of hydrogen-bond acceptors (Lipinski definition) is 4. The zero-order chi connectivity index (χ0) is 17.9. The lowest BCUT2D eigenvalue weighted by atomic mass is 10.1. The van der Waals surface area contributed by atoms with Gasteiger partial charge in [0.2, 0.25) is 10.0 Å². The molecule has 1 unspecified atom stereocenters. The van der Waals surface area contributed by atoms with Crippen molar-refractivity contribution in [2.75, 3.05) is 13.1 Å². The minimum Gasteiger partial charge on any atom is -0.347 e. The van der Waals surface area contributed by atoms with E-state index in [0.29, 0.717) is 12.1 Å². The van der Waals surface area contributed by atoms with E-state index in [-0.39, 0.29) is 23.4 Å². The predicted molar refractivity (Wildman–Crippen MR) is 93.4 cm³/mol. The van der Waals surface area contributed by atoms with Crippen molar-refractivity contribution in [3.63, 3.8) is 0 Å². The number of sulfonamides is 1. The van der Waals surface area contributed by atoms with Gasteiger partial charge < -0.3 is 9.88 Å². The Morgan fingerprint density at radius 2 is 2.16 bits per heavy atom. The third kappa shape index (κ3) is 3.64. The molecule has 1 aliphatic heterocycles. The van der Waals surface area contributed by atoms with Crippen LogP contribution in [0.4, 0.5) is 0 Å². The quantitative estimate of drug-likeness (QED) is 0.769. The Bertz CT molecular complexity index is 845. The van der Waals surface area contributed by atoms with E-state index in [2.05, 4.69) is 21.3 Å². The molecule has 2 heterocycles. The molecular weight excluding hydrogens is 340 g/mol. The van der Waals surface area contributed by atoms with Crippen molar-refractivity contribution < 1.29 is 13.2 Å². The number of carbonyl (C=O) groups excluding carboxylic acids is 1. The molecule has 1 fully saturated rings. The van der Waals surface area contributed by atoms with Gasteiger partial charge in [0, 0.05) is 31.0 Å². The van der Waals surface area contributed by atoms with Crippen LogP contribution in [0.1, 0.15) is 35.1 Å². The van der Waals surface area contributed by atoms with Gasteiger partial charge in [0.15, 0.2) is 0 Å². The van der Waals surface area contributed by atoms with Gasteiger partial charge in [0.1, 0.15) is 5.82 Å². The molecule has 1 amide bonds. The Balaban J connectivity index is 1.78. The van der Waals surface area contributed by atoms with Gasteiger partial charge >= 0.3 is 0 Å². The Labute approximate surface area is 146 Å². The molecule has 0 bridgehead atoms. The minimum absolute atomic E-state index is 0.0693. The normalized spacial score (nSPS) is 17.6. The van der Waals surface area contributed by atoms with Crippen LogP contribution in [0.15, 0.2) is 54.2 Å². The van der Waals surface area contributed by atoms with Crippen molar-refractivity contribution in [2.24, 2.45) is 0 Å². The maximum Gasteiger partial charge on any atom is 0.254 e. The van der Waals surface area contributed by atoms with Crippen molar-refractivity contribution in [1.82, 2.24) is 19.6 Å². The Morgan fingerprint density at radius 3 is 2.80 bits per heavy atom. The maximum atomic E-state index is 12.8. The second kappa shape index (κ2) is 7.20. The number of aromatic amines is 1. The summed E-state index contributed by atoms with van der Waals surface area (Å²) in [6.45, 7) is 4.29. The zero-order valence-corrected chi connectivity index (χ0v) is 14.5. The van der Waals surface area contributed by atoms with Crippen LogP contribution >= 0.6 is 0 Å². The fraction of sp³-hybridized carbons (Fsp3) is 0.294. The molecule has 0 aliphatic carbocycles. The van der Waals surface area contributed by atoms with Crippen LogP contribution in [0, 0.1) is 0 Å². The van der Waals surface area contributed by atoms with Crippen LogP contribution in [0.3, 0.4) is 0 Å². The highest BCUT2D eigenvalue weighted by Gasteiger charge is 2.32. The lowest BCUT2D eigenvalue weighted by molar-refractivity contribution is 0.0730. The van der Waals surface area contributed by atoms with Gasteiger partial charge in [-0.25, -0.2) is 18.1 Å². The van der Waals surface area contributed by atoms with Crippen LogP contribution in [0.2, 0.25) is 0 Å². The molecule has 7 nitrogen and oxygen atoms in total. The first kappa shape index (κ1) is 17.4. The molecule has 1 atom stereocenters. The van der Waals surface area contributed by atoms with Crippen LogP contribution in [0.25, 0.3) is 0 Å². The van der Waals surface area contributed by atoms with E-state index >= 15 is 0 Å². The van der Waals surface area contributed by atoms with Crippen molar-refractivity contribution >= 4 is 15.9 Å². The molecule has 0 radical (unpaired) electrons. The molecule has 1 saturated heterocycles. The molecule has 2 aromatic rings. The number of likely N-dealkylation sites (tertiary alicyclic amines) is 1. The van der Waals surface area contributed by atoms with Gasteiger partial charge in [-0.15, -0.1) is 6.58 Å². The van der Waals surface area contributed by atoms with Crippen molar-refractivity contribution in [2.45, 2.75) is 23.8 Å². The molecular formula is C17H20N4O3S. The Kier molecular flexibility index (Phi) is 5.00. The number of benzene rings is 1. The summed E-state index contributed by atoms with van der Waals surface area (Å²) in [5.41, 5.74) is 0.459. The van der Waals surface area contributed by atoms with Crippen molar-refractivity contribution in [3.05, 3.63) is 60.7 Å². The molecule has 1 aromatic heterocycles. The average Bonchev–Trinajstić information content (AvgIpc) is 3.30. The maximum absolute atomic E-state index is 12.8. The Hall–Kier alpha value is -2.45. The molecule has 1 aromatic carbocycles. The lowest BCUT2D eigenvalue weighted by Crippen LogP contribution is -2.31. The predicted octanol–water partition coefficient (Wildman–Crippen LogP) is 1.85. The van der Waals surface area contributed by atoms with Gasteiger partial charge in [-0.2, -0.15) is 0 Å². The second-order valence-corrected chi connectivity index (χ2v) is 7.56. The van der Waals surface area contributed by atoms with Crippen molar-refractivity contribution in [1.29, 1.82) is 0 Å². The number of nitrogens with one attached hydrogen (secondary N) is 2. The summed E-state index contributed by atoms with van der Waals surface area (Å²) in [4.78, 5) is 22.0. The van der Waals surface area contributed by atoms with Crippen LogP contribution in [0.5, 0.6) is 0 Å². The number of carbonyl (C=O) groups is 1. The van der Waals surface area contributed by atoms with E-state index in [4.69, 9.17) is 0 Å².